The van der Waals surface area contributed by atoms with Crippen molar-refractivity contribution in [2.24, 2.45) is 0 Å². The summed E-state index contributed by atoms with van der Waals surface area (Å²) in [6.45, 7) is 2.29. The smallest absolute Gasteiger partial charge is 0.320 e. The molecular formula is C20H28N4O3. The van der Waals surface area contributed by atoms with E-state index < -0.39 is 5.97 Å². The van der Waals surface area contributed by atoms with E-state index in [1.165, 1.54) is 31.2 Å². The Hall–Kier alpha value is -2.31. The van der Waals surface area contributed by atoms with E-state index in [9.17, 15) is 9.59 Å². The zero-order valence-electron chi connectivity index (χ0n) is 15.7. The monoisotopic (exact) mass is 372 g/mol. The number of amides is 2. The van der Waals surface area contributed by atoms with Gasteiger partial charge in [0.25, 0.3) is 0 Å². The molecule has 1 aromatic heterocycles. The number of hydrogen-bond donors (Lipinski definition) is 2. The van der Waals surface area contributed by atoms with Crippen LogP contribution in [0.3, 0.4) is 0 Å². The van der Waals surface area contributed by atoms with E-state index in [4.69, 9.17) is 10.1 Å². The highest BCUT2D eigenvalue weighted by Gasteiger charge is 2.43. The Balaban J connectivity index is 1.28. The average Bonchev–Trinajstić information content (AvgIpc) is 3.35. The van der Waals surface area contributed by atoms with E-state index in [1.54, 1.807) is 4.90 Å². The summed E-state index contributed by atoms with van der Waals surface area (Å²) < 4.78 is 0. The highest BCUT2D eigenvalue weighted by atomic mass is 16.4. The summed E-state index contributed by atoms with van der Waals surface area (Å²) in [5.74, 6) is 0.205. The molecule has 3 heterocycles. The number of carboxylic acid groups (broad SMARTS) is 1. The number of carbonyl (C=O) groups is 2. The number of nitrogens with one attached hydrogen (secondary N) is 1. The number of nitrogens with zero attached hydrogens (tertiary/aromatic N) is 3. The molecule has 3 aliphatic rings. The van der Waals surface area contributed by atoms with Gasteiger partial charge in [-0.15, -0.1) is 0 Å². The summed E-state index contributed by atoms with van der Waals surface area (Å²) in [6, 6.07) is 4.29. The van der Waals surface area contributed by atoms with Gasteiger partial charge in [0.05, 0.1) is 6.42 Å². The van der Waals surface area contributed by atoms with E-state index >= 15 is 0 Å². The number of carboxylic acids is 1. The van der Waals surface area contributed by atoms with Crippen molar-refractivity contribution in [3.63, 3.8) is 0 Å². The van der Waals surface area contributed by atoms with Crippen LogP contribution in [0, 0.1) is 0 Å². The Bertz CT molecular complexity index is 732. The van der Waals surface area contributed by atoms with Gasteiger partial charge in [0, 0.05) is 37.4 Å². The summed E-state index contributed by atoms with van der Waals surface area (Å²) in [7, 11) is 0. The van der Waals surface area contributed by atoms with Crippen LogP contribution in [0.1, 0.15) is 49.8 Å². The summed E-state index contributed by atoms with van der Waals surface area (Å²) in [5.41, 5.74) is 2.72. The second kappa shape index (κ2) is 7.37. The van der Waals surface area contributed by atoms with Gasteiger partial charge in [0.2, 0.25) is 0 Å². The third-order valence-electron chi connectivity index (χ3n) is 6.01. The Morgan fingerprint density at radius 1 is 1.19 bits per heavy atom. The van der Waals surface area contributed by atoms with E-state index in [0.717, 1.165) is 30.8 Å². The van der Waals surface area contributed by atoms with Gasteiger partial charge in [-0.1, -0.05) is 6.07 Å². The minimum Gasteiger partial charge on any atom is -0.481 e. The second-order valence-corrected chi connectivity index (χ2v) is 8.07. The molecule has 146 valence electrons. The minimum absolute atomic E-state index is 0.00706. The second-order valence-electron chi connectivity index (χ2n) is 8.07. The third kappa shape index (κ3) is 4.17. The van der Waals surface area contributed by atoms with E-state index in [2.05, 4.69) is 17.4 Å². The fraction of sp³-hybridized carbons (Fsp3) is 0.650. The molecule has 4 rings (SSSR count). The minimum atomic E-state index is -0.864. The molecule has 0 aromatic carbocycles. The Kier molecular flexibility index (Phi) is 4.93. The summed E-state index contributed by atoms with van der Waals surface area (Å²) in [4.78, 5) is 31.3. The highest BCUT2D eigenvalue weighted by Crippen LogP contribution is 2.45. The van der Waals surface area contributed by atoms with Crippen molar-refractivity contribution < 1.29 is 14.7 Å². The fourth-order valence-corrected chi connectivity index (χ4v) is 4.16. The van der Waals surface area contributed by atoms with Crippen LogP contribution < -0.4 is 5.32 Å². The molecule has 2 aliphatic heterocycles. The van der Waals surface area contributed by atoms with Crippen LogP contribution in [-0.4, -0.2) is 63.6 Å². The number of aromatic nitrogens is 1. The molecule has 7 heteroatoms. The van der Waals surface area contributed by atoms with Crippen LogP contribution in [0.15, 0.2) is 12.1 Å². The van der Waals surface area contributed by atoms with Gasteiger partial charge in [-0.2, -0.15) is 0 Å². The van der Waals surface area contributed by atoms with Crippen LogP contribution >= 0.6 is 0 Å². The van der Waals surface area contributed by atoms with Crippen LogP contribution in [0.2, 0.25) is 0 Å². The molecule has 1 saturated carbocycles. The largest absolute Gasteiger partial charge is 0.481 e. The van der Waals surface area contributed by atoms with E-state index in [0.29, 0.717) is 31.7 Å². The summed E-state index contributed by atoms with van der Waals surface area (Å²) in [5, 5.41) is 12.5. The molecule has 2 fully saturated rings. The Morgan fingerprint density at radius 3 is 2.70 bits per heavy atom. The molecule has 1 aliphatic carbocycles. The summed E-state index contributed by atoms with van der Waals surface area (Å²) in [6.07, 6.45) is 7.82. The molecule has 0 unspecified atom stereocenters. The SMILES string of the molecule is O=C(O)CCN1CCN(CCCc2ccc3c(n2)NC2(CCC3)CC2)C1=O. The molecule has 1 spiro atoms. The third-order valence-corrected chi connectivity index (χ3v) is 6.01. The molecule has 0 bridgehead atoms. The first-order chi connectivity index (χ1) is 13.0. The summed E-state index contributed by atoms with van der Waals surface area (Å²) >= 11 is 0. The number of hydrogen-bond acceptors (Lipinski definition) is 4. The Labute approximate surface area is 159 Å². The molecular weight excluding hydrogens is 344 g/mol. The van der Waals surface area contributed by atoms with E-state index in [-0.39, 0.29) is 12.5 Å². The van der Waals surface area contributed by atoms with Crippen molar-refractivity contribution in [1.29, 1.82) is 0 Å². The zero-order valence-corrected chi connectivity index (χ0v) is 15.7. The molecule has 1 aromatic rings. The van der Waals surface area contributed by atoms with Crippen molar-refractivity contribution in [3.05, 3.63) is 23.4 Å². The first-order valence-electron chi connectivity index (χ1n) is 10.1. The lowest BCUT2D eigenvalue weighted by Crippen LogP contribution is -2.33. The van der Waals surface area contributed by atoms with Crippen LogP contribution in [-0.2, 0) is 17.6 Å². The fourth-order valence-electron chi connectivity index (χ4n) is 4.16. The van der Waals surface area contributed by atoms with Crippen LogP contribution in [0.5, 0.6) is 0 Å². The number of pyridine rings is 1. The molecule has 27 heavy (non-hydrogen) atoms. The first kappa shape index (κ1) is 18.1. The van der Waals surface area contributed by atoms with Crippen LogP contribution in [0.25, 0.3) is 0 Å². The average molecular weight is 372 g/mol. The molecule has 1 saturated heterocycles. The van der Waals surface area contributed by atoms with Gasteiger partial charge < -0.3 is 20.2 Å². The molecule has 2 amide bonds. The number of rotatable bonds is 7. The van der Waals surface area contributed by atoms with Crippen molar-refractivity contribution in [1.82, 2.24) is 14.8 Å². The highest BCUT2D eigenvalue weighted by molar-refractivity contribution is 5.77. The zero-order chi connectivity index (χ0) is 18.9. The Morgan fingerprint density at radius 2 is 1.96 bits per heavy atom. The van der Waals surface area contributed by atoms with Gasteiger partial charge in [-0.25, -0.2) is 9.78 Å². The van der Waals surface area contributed by atoms with Crippen molar-refractivity contribution in [2.45, 2.75) is 56.9 Å². The maximum Gasteiger partial charge on any atom is 0.320 e. The quantitative estimate of drug-likeness (QED) is 0.768. The normalized spacial score (nSPS) is 20.4. The van der Waals surface area contributed by atoms with Crippen molar-refractivity contribution in [3.8, 4) is 0 Å². The lowest BCUT2D eigenvalue weighted by molar-refractivity contribution is -0.137. The number of urea groups is 1. The van der Waals surface area contributed by atoms with Crippen LogP contribution in [0.4, 0.5) is 10.6 Å². The predicted octanol–water partition coefficient (Wildman–Crippen LogP) is 2.51. The van der Waals surface area contributed by atoms with E-state index in [1.807, 2.05) is 4.90 Å². The maximum absolute atomic E-state index is 12.3. The van der Waals surface area contributed by atoms with Gasteiger partial charge in [0.1, 0.15) is 5.82 Å². The molecule has 0 radical (unpaired) electrons. The van der Waals surface area contributed by atoms with Gasteiger partial charge in [-0.05, 0) is 56.6 Å². The van der Waals surface area contributed by atoms with Gasteiger partial charge in [0.15, 0.2) is 0 Å². The topological polar surface area (TPSA) is 85.8 Å². The maximum atomic E-state index is 12.3. The number of fused-ring (bicyclic) bond motifs is 1. The predicted molar refractivity (Wildman–Crippen MR) is 102 cm³/mol. The standard InChI is InChI=1S/C20H28N4O3/c25-17(26)7-12-24-14-13-23(19(24)27)11-2-4-16-6-5-15-3-1-8-20(9-10-20)22-18(15)21-16/h5-6H,1-4,7-14H2,(H,21,22)(H,25,26). The molecule has 2 N–H and O–H groups in total. The number of aryl methyl sites for hydroxylation is 2. The number of anilines is 1. The van der Waals surface area contributed by atoms with Gasteiger partial charge >= 0.3 is 12.0 Å². The lowest BCUT2D eigenvalue weighted by Gasteiger charge is -2.18. The molecule has 7 nitrogen and oxygen atoms in total. The lowest BCUT2D eigenvalue weighted by atomic mass is 10.1. The molecule has 0 atom stereocenters. The van der Waals surface area contributed by atoms with Gasteiger partial charge in [-0.3, -0.25) is 4.79 Å². The first-order valence-corrected chi connectivity index (χ1v) is 10.1. The number of aliphatic carboxylic acids is 1. The number of carbonyl (C=O) groups excluding carboxylic acids is 1. The van der Waals surface area contributed by atoms with Crippen molar-refractivity contribution in [2.75, 3.05) is 31.5 Å². The van der Waals surface area contributed by atoms with Crippen molar-refractivity contribution >= 4 is 17.8 Å².